The van der Waals surface area contributed by atoms with E-state index in [-0.39, 0.29) is 0 Å². The Hall–Kier alpha value is -0.990. The monoisotopic (exact) mass is 126 g/mol. The molecule has 0 aliphatic heterocycles. The number of urea groups is 1. The van der Waals surface area contributed by atoms with Crippen molar-refractivity contribution in [1.82, 2.24) is 0 Å². The number of nitrogens with zero attached hydrogens (tertiary/aromatic N) is 2. The van der Waals surface area contributed by atoms with Gasteiger partial charge in [-0.25, -0.2) is 14.8 Å². The van der Waals surface area contributed by atoms with E-state index in [2.05, 4.69) is 9.98 Å². The fourth-order valence-corrected chi connectivity index (χ4v) is 0.331. The van der Waals surface area contributed by atoms with Crippen molar-refractivity contribution in [3.05, 3.63) is 0 Å². The van der Waals surface area contributed by atoms with Gasteiger partial charge in [-0.2, -0.15) is 0 Å². The normalized spacial score (nSPS) is 9.67. The smallest absolute Gasteiger partial charge is 0.244 e. The third-order valence-electron chi connectivity index (χ3n) is 0.559. The predicted molar refractivity (Wildman–Crippen MR) is 38.3 cm³/mol. The second kappa shape index (κ2) is 3.95. The van der Waals surface area contributed by atoms with Crippen LogP contribution in [0, 0.1) is 0 Å². The third-order valence-corrected chi connectivity index (χ3v) is 0.559. The molecule has 2 amide bonds. The maximum atomic E-state index is 10.5. The van der Waals surface area contributed by atoms with Crippen molar-refractivity contribution in [2.24, 2.45) is 9.98 Å². The molecule has 0 bridgehead atoms. The summed E-state index contributed by atoms with van der Waals surface area (Å²) in [5.74, 6) is 0. The van der Waals surface area contributed by atoms with E-state index in [0.717, 1.165) is 5.71 Å². The van der Waals surface area contributed by atoms with Crippen molar-refractivity contribution in [3.63, 3.8) is 0 Å². The SMILES string of the molecule is CC=NC(=O)N=C(C)C. The Kier molecular flexibility index (Phi) is 3.51. The van der Waals surface area contributed by atoms with Crippen LogP contribution >= 0.6 is 0 Å². The summed E-state index contributed by atoms with van der Waals surface area (Å²) in [4.78, 5) is 17.4. The van der Waals surface area contributed by atoms with Crippen LogP contribution in [0.1, 0.15) is 20.8 Å². The van der Waals surface area contributed by atoms with Gasteiger partial charge in [0.25, 0.3) is 0 Å². The largest absolute Gasteiger partial charge is 0.366 e. The van der Waals surface area contributed by atoms with Crippen molar-refractivity contribution in [2.45, 2.75) is 20.8 Å². The Morgan fingerprint density at radius 3 is 2.33 bits per heavy atom. The molecule has 0 saturated heterocycles. The molecule has 0 aromatic rings. The molecule has 0 aliphatic carbocycles. The molecule has 0 rings (SSSR count). The van der Waals surface area contributed by atoms with Crippen LogP contribution in [0.4, 0.5) is 4.79 Å². The van der Waals surface area contributed by atoms with Gasteiger partial charge in [-0.15, -0.1) is 0 Å². The summed E-state index contributed by atoms with van der Waals surface area (Å²) in [5, 5.41) is 0. The van der Waals surface area contributed by atoms with E-state index >= 15 is 0 Å². The highest BCUT2D eigenvalue weighted by atomic mass is 16.2. The fraction of sp³-hybridized carbons (Fsp3) is 0.500. The Morgan fingerprint density at radius 1 is 1.44 bits per heavy atom. The van der Waals surface area contributed by atoms with Crippen molar-refractivity contribution < 1.29 is 4.79 Å². The molecule has 0 heterocycles. The highest BCUT2D eigenvalue weighted by molar-refractivity contribution is 5.94. The lowest BCUT2D eigenvalue weighted by Crippen LogP contribution is -1.89. The number of aliphatic imine (C=N–C) groups is 2. The lowest BCUT2D eigenvalue weighted by molar-refractivity contribution is 0.257. The minimum absolute atomic E-state index is 0.433. The molecular weight excluding hydrogens is 116 g/mol. The molecule has 3 nitrogen and oxygen atoms in total. The van der Waals surface area contributed by atoms with Gasteiger partial charge in [0.2, 0.25) is 0 Å². The highest BCUT2D eigenvalue weighted by Crippen LogP contribution is 1.82. The first-order valence-corrected chi connectivity index (χ1v) is 2.71. The zero-order valence-electron chi connectivity index (χ0n) is 5.88. The van der Waals surface area contributed by atoms with Gasteiger partial charge in [-0.05, 0) is 20.8 Å². The highest BCUT2D eigenvalue weighted by Gasteiger charge is 1.88. The van der Waals surface area contributed by atoms with Crippen molar-refractivity contribution in [3.8, 4) is 0 Å². The summed E-state index contributed by atoms with van der Waals surface area (Å²) in [6, 6.07) is -0.433. The summed E-state index contributed by atoms with van der Waals surface area (Å²) in [5.41, 5.74) is 0.727. The molecule has 0 aromatic carbocycles. The first kappa shape index (κ1) is 8.01. The quantitative estimate of drug-likeness (QED) is 0.455. The number of carbonyl (C=O) groups excluding carboxylic acids is 1. The number of rotatable bonds is 0. The summed E-state index contributed by atoms with van der Waals surface area (Å²) >= 11 is 0. The number of carbonyl (C=O) groups is 1. The molecule has 0 N–H and O–H groups in total. The average molecular weight is 126 g/mol. The van der Waals surface area contributed by atoms with Gasteiger partial charge in [-0.1, -0.05) is 0 Å². The molecule has 0 saturated carbocycles. The van der Waals surface area contributed by atoms with Gasteiger partial charge < -0.3 is 0 Å². The molecule has 0 aliphatic rings. The van der Waals surface area contributed by atoms with E-state index in [9.17, 15) is 4.79 Å². The van der Waals surface area contributed by atoms with Crippen LogP contribution in [0.3, 0.4) is 0 Å². The topological polar surface area (TPSA) is 41.8 Å². The van der Waals surface area contributed by atoms with Crippen molar-refractivity contribution in [2.75, 3.05) is 0 Å². The van der Waals surface area contributed by atoms with Gasteiger partial charge in [0.05, 0.1) is 0 Å². The molecule has 50 valence electrons. The van der Waals surface area contributed by atoms with Gasteiger partial charge in [0.1, 0.15) is 0 Å². The molecule has 0 aromatic heterocycles. The zero-order valence-corrected chi connectivity index (χ0v) is 5.88. The van der Waals surface area contributed by atoms with E-state index < -0.39 is 6.03 Å². The Morgan fingerprint density at radius 2 is 2.00 bits per heavy atom. The Balaban J connectivity index is 3.93. The predicted octanol–water partition coefficient (Wildman–Crippen LogP) is 1.68. The summed E-state index contributed by atoms with van der Waals surface area (Å²) < 4.78 is 0. The maximum Gasteiger partial charge on any atom is 0.366 e. The maximum absolute atomic E-state index is 10.5. The van der Waals surface area contributed by atoms with E-state index in [0.29, 0.717) is 0 Å². The Bertz CT molecular complexity index is 154. The van der Waals surface area contributed by atoms with E-state index in [1.807, 2.05) is 0 Å². The molecule has 3 heteroatoms. The third kappa shape index (κ3) is 4.87. The second-order valence-electron chi connectivity index (χ2n) is 1.73. The summed E-state index contributed by atoms with van der Waals surface area (Å²) in [7, 11) is 0. The molecule has 0 fully saturated rings. The van der Waals surface area contributed by atoms with E-state index in [4.69, 9.17) is 0 Å². The number of hydrogen-bond donors (Lipinski definition) is 0. The van der Waals surface area contributed by atoms with Crippen LogP contribution in [0.2, 0.25) is 0 Å². The van der Waals surface area contributed by atoms with Crippen LogP contribution in [0.15, 0.2) is 9.98 Å². The van der Waals surface area contributed by atoms with E-state index in [1.165, 1.54) is 6.21 Å². The van der Waals surface area contributed by atoms with Crippen LogP contribution in [-0.2, 0) is 0 Å². The molecular formula is C6H10N2O. The number of amides is 2. The molecule has 0 atom stereocenters. The lowest BCUT2D eigenvalue weighted by atomic mass is 10.5. The average Bonchev–Trinajstić information content (AvgIpc) is 1.63. The van der Waals surface area contributed by atoms with Gasteiger partial charge in [0, 0.05) is 11.9 Å². The molecule has 0 unspecified atom stereocenters. The summed E-state index contributed by atoms with van der Waals surface area (Å²) in [6.07, 6.45) is 1.43. The van der Waals surface area contributed by atoms with E-state index in [1.54, 1.807) is 20.8 Å². The molecule has 9 heavy (non-hydrogen) atoms. The van der Waals surface area contributed by atoms with Crippen LogP contribution in [0.5, 0.6) is 0 Å². The minimum atomic E-state index is -0.433. The first-order chi connectivity index (χ1) is 4.16. The van der Waals surface area contributed by atoms with Gasteiger partial charge in [0.15, 0.2) is 0 Å². The standard InChI is InChI=1S/C6H10N2O/c1-4-7-6(9)8-5(2)3/h4H,1-3H3. The van der Waals surface area contributed by atoms with Gasteiger partial charge in [-0.3, -0.25) is 0 Å². The summed E-state index contributed by atoms with van der Waals surface area (Å²) in [6.45, 7) is 5.19. The van der Waals surface area contributed by atoms with Crippen LogP contribution in [0.25, 0.3) is 0 Å². The molecule has 0 radical (unpaired) electrons. The fourth-order valence-electron chi connectivity index (χ4n) is 0.331. The van der Waals surface area contributed by atoms with Gasteiger partial charge >= 0.3 is 6.03 Å². The first-order valence-electron chi connectivity index (χ1n) is 2.71. The van der Waals surface area contributed by atoms with Crippen LogP contribution in [-0.4, -0.2) is 18.0 Å². The van der Waals surface area contributed by atoms with Crippen LogP contribution < -0.4 is 0 Å². The minimum Gasteiger partial charge on any atom is -0.244 e. The van der Waals surface area contributed by atoms with Crippen molar-refractivity contribution in [1.29, 1.82) is 0 Å². The zero-order chi connectivity index (χ0) is 7.28. The molecule has 0 spiro atoms. The second-order valence-corrected chi connectivity index (χ2v) is 1.73. The van der Waals surface area contributed by atoms with Crippen molar-refractivity contribution >= 4 is 18.0 Å². The Labute approximate surface area is 54.5 Å². The lowest BCUT2D eigenvalue weighted by Gasteiger charge is -1.82. The number of hydrogen-bond acceptors (Lipinski definition) is 1.